The number of amides is 2. The van der Waals surface area contributed by atoms with Gasteiger partial charge >= 0.3 is 0 Å². The van der Waals surface area contributed by atoms with Crippen molar-refractivity contribution in [3.63, 3.8) is 0 Å². The zero-order valence-electron chi connectivity index (χ0n) is 19.0. The van der Waals surface area contributed by atoms with E-state index in [9.17, 15) is 22.4 Å². The third-order valence-electron chi connectivity index (χ3n) is 5.18. The molecular weight excluding hydrogens is 503 g/mol. The summed E-state index contributed by atoms with van der Waals surface area (Å²) in [4.78, 5) is 30.7. The molecule has 1 aromatic carbocycles. The summed E-state index contributed by atoms with van der Waals surface area (Å²) in [5.74, 6) is -1.96. The maximum atomic E-state index is 14.8. The van der Waals surface area contributed by atoms with Gasteiger partial charge in [-0.15, -0.1) is 11.3 Å². The Kier molecular flexibility index (Phi) is 8.34. The summed E-state index contributed by atoms with van der Waals surface area (Å²) in [6.07, 6.45) is 1.65. The maximum Gasteiger partial charge on any atom is 0.275 e. The quantitative estimate of drug-likeness (QED) is 0.512. The van der Waals surface area contributed by atoms with E-state index in [1.807, 2.05) is 19.0 Å². The normalized spacial score (nSPS) is 14.0. The van der Waals surface area contributed by atoms with Crippen LogP contribution in [0.4, 0.5) is 10.1 Å². The Morgan fingerprint density at radius 1 is 1.21 bits per heavy atom. The molecule has 0 fully saturated rings. The molecule has 1 aliphatic rings. The van der Waals surface area contributed by atoms with Crippen LogP contribution in [0.25, 0.3) is 0 Å². The van der Waals surface area contributed by atoms with Crippen molar-refractivity contribution in [2.45, 2.75) is 6.42 Å². The summed E-state index contributed by atoms with van der Waals surface area (Å²) >= 11 is 7.15. The highest BCUT2D eigenvalue weighted by Gasteiger charge is 2.30. The Morgan fingerprint density at radius 3 is 2.56 bits per heavy atom. The van der Waals surface area contributed by atoms with Crippen LogP contribution >= 0.6 is 22.9 Å². The van der Waals surface area contributed by atoms with E-state index in [0.29, 0.717) is 17.4 Å². The summed E-state index contributed by atoms with van der Waals surface area (Å²) < 4.78 is 42.6. The van der Waals surface area contributed by atoms with E-state index in [1.165, 1.54) is 34.4 Å². The van der Waals surface area contributed by atoms with Crippen LogP contribution in [0.15, 0.2) is 42.1 Å². The number of rotatable bonds is 10. The number of nitrogens with one attached hydrogen (secondary N) is 1. The van der Waals surface area contributed by atoms with E-state index in [0.717, 1.165) is 15.8 Å². The van der Waals surface area contributed by atoms with Crippen LogP contribution in [0.2, 0.25) is 4.34 Å². The molecule has 3 rings (SSSR count). The minimum absolute atomic E-state index is 0.00414. The first kappa shape index (κ1) is 26.1. The third-order valence-corrected chi connectivity index (χ3v) is 7.74. The number of hydrogen-bond donors (Lipinski definition) is 1. The summed E-state index contributed by atoms with van der Waals surface area (Å²) in [5, 5.41) is 0. The Morgan fingerprint density at radius 2 is 1.94 bits per heavy atom. The summed E-state index contributed by atoms with van der Waals surface area (Å²) in [6.45, 7) is 1.15. The topological polar surface area (TPSA) is 90.0 Å². The molecule has 0 atom stereocenters. The Bertz CT molecular complexity index is 1210. The highest BCUT2D eigenvalue weighted by Crippen LogP contribution is 2.26. The van der Waals surface area contributed by atoms with Crippen molar-refractivity contribution in [1.29, 1.82) is 0 Å². The zero-order chi connectivity index (χ0) is 25.0. The van der Waals surface area contributed by atoms with Crippen molar-refractivity contribution in [3.05, 3.63) is 62.7 Å². The second-order valence-corrected chi connectivity index (χ2v) is 11.7. The molecule has 0 saturated heterocycles. The Hall–Kier alpha value is -2.47. The van der Waals surface area contributed by atoms with Gasteiger partial charge in [-0.25, -0.2) is 12.8 Å². The molecule has 2 aromatic rings. The first-order valence-electron chi connectivity index (χ1n) is 10.4. The van der Waals surface area contributed by atoms with Crippen molar-refractivity contribution < 1.29 is 22.4 Å². The van der Waals surface area contributed by atoms with Crippen molar-refractivity contribution >= 4 is 50.5 Å². The van der Waals surface area contributed by atoms with Crippen LogP contribution in [0, 0.1) is 5.82 Å². The molecule has 2 amide bonds. The monoisotopic (exact) mass is 528 g/mol. The van der Waals surface area contributed by atoms with E-state index in [-0.39, 0.29) is 41.6 Å². The predicted octanol–water partition coefficient (Wildman–Crippen LogP) is 2.57. The zero-order valence-corrected chi connectivity index (χ0v) is 21.4. The van der Waals surface area contributed by atoms with Crippen molar-refractivity contribution in [2.75, 3.05) is 51.4 Å². The lowest BCUT2D eigenvalue weighted by molar-refractivity contribution is -0.114. The number of hydrogen-bond acceptors (Lipinski definition) is 6. The fourth-order valence-corrected chi connectivity index (χ4v) is 5.57. The van der Waals surface area contributed by atoms with E-state index < -0.39 is 21.7 Å². The average Bonchev–Trinajstić information content (AvgIpc) is 3.35. The second kappa shape index (κ2) is 10.9. The second-order valence-electron chi connectivity index (χ2n) is 8.11. The van der Waals surface area contributed by atoms with E-state index >= 15 is 0 Å². The molecular formula is C22H26ClFN4O4S2. The highest BCUT2D eigenvalue weighted by molar-refractivity contribution is 7.89. The molecule has 0 spiro atoms. The number of aryl methyl sites for hydroxylation is 1. The van der Waals surface area contributed by atoms with E-state index in [1.54, 1.807) is 19.2 Å². The number of halogens is 2. The van der Waals surface area contributed by atoms with Gasteiger partial charge in [-0.3, -0.25) is 14.3 Å². The minimum atomic E-state index is -3.79. The molecule has 184 valence electrons. The van der Waals surface area contributed by atoms with Gasteiger partial charge < -0.3 is 14.7 Å². The first-order valence-corrected chi connectivity index (χ1v) is 13.3. The predicted molar refractivity (Wildman–Crippen MR) is 132 cm³/mol. The lowest BCUT2D eigenvalue weighted by Crippen LogP contribution is -2.35. The van der Waals surface area contributed by atoms with Gasteiger partial charge in [0.1, 0.15) is 11.5 Å². The van der Waals surface area contributed by atoms with Gasteiger partial charge in [0.15, 0.2) is 0 Å². The lowest BCUT2D eigenvalue weighted by atomic mass is 10.1. The van der Waals surface area contributed by atoms with Gasteiger partial charge in [0.2, 0.25) is 10.0 Å². The fraction of sp³-hybridized carbons (Fsp3) is 0.364. The molecule has 0 saturated carbocycles. The molecule has 0 aliphatic carbocycles. The van der Waals surface area contributed by atoms with Crippen LogP contribution in [0.1, 0.15) is 15.2 Å². The van der Waals surface area contributed by atoms with Crippen molar-refractivity contribution in [1.82, 2.24) is 14.5 Å². The minimum Gasteiger partial charge on any atom is -0.340 e. The third kappa shape index (κ3) is 6.56. The Labute approximate surface area is 207 Å². The molecule has 34 heavy (non-hydrogen) atoms. The summed E-state index contributed by atoms with van der Waals surface area (Å²) in [5.41, 5.74) is 0.0000663. The smallest absolute Gasteiger partial charge is 0.275 e. The number of benzene rings is 1. The SMILES string of the molecule is CN(C)CCN(C)C(=O)c1ccc(N2CC=C(NS(=O)(=O)CCc3ccc(Cl)s3)C2=O)c(F)c1. The number of thiophene rings is 1. The Balaban J connectivity index is 1.63. The number of carbonyl (C=O) groups is 2. The molecule has 12 heteroatoms. The number of nitrogens with zero attached hydrogens (tertiary/aromatic N) is 3. The van der Waals surface area contributed by atoms with Crippen molar-refractivity contribution in [3.8, 4) is 0 Å². The molecule has 1 N–H and O–H groups in total. The highest BCUT2D eigenvalue weighted by atomic mass is 35.5. The van der Waals surface area contributed by atoms with Crippen LogP contribution in [0.5, 0.6) is 0 Å². The molecule has 1 aromatic heterocycles. The average molecular weight is 529 g/mol. The number of sulfonamides is 1. The van der Waals surface area contributed by atoms with E-state index in [2.05, 4.69) is 4.72 Å². The number of carbonyl (C=O) groups excluding carboxylic acids is 2. The molecule has 0 bridgehead atoms. The van der Waals surface area contributed by atoms with Crippen molar-refractivity contribution in [2.24, 2.45) is 0 Å². The number of likely N-dealkylation sites (N-methyl/N-ethyl adjacent to an activating group) is 2. The van der Waals surface area contributed by atoms with Gasteiger partial charge in [-0.1, -0.05) is 11.6 Å². The van der Waals surface area contributed by atoms with Crippen LogP contribution in [0.3, 0.4) is 0 Å². The number of anilines is 1. The van der Waals surface area contributed by atoms with Gasteiger partial charge in [0.05, 0.1) is 15.8 Å². The molecule has 8 nitrogen and oxygen atoms in total. The first-order chi connectivity index (χ1) is 16.0. The van der Waals surface area contributed by atoms with Gasteiger partial charge in [-0.05, 0) is 56.9 Å². The van der Waals surface area contributed by atoms with E-state index in [4.69, 9.17) is 11.6 Å². The van der Waals surface area contributed by atoms with Gasteiger partial charge in [0, 0.05) is 37.1 Å². The van der Waals surface area contributed by atoms with Crippen LogP contribution in [-0.4, -0.2) is 76.6 Å². The largest absolute Gasteiger partial charge is 0.340 e. The summed E-state index contributed by atoms with van der Waals surface area (Å²) in [6, 6.07) is 7.34. The molecule has 2 heterocycles. The summed E-state index contributed by atoms with van der Waals surface area (Å²) in [7, 11) is 1.63. The van der Waals surface area contributed by atoms with Gasteiger partial charge in [0.25, 0.3) is 11.8 Å². The molecule has 1 aliphatic heterocycles. The standard InChI is InChI=1S/C22H26ClFN4O4S2/c1-26(2)11-12-27(3)21(29)15-4-6-19(17(24)14-15)28-10-8-18(22(28)30)25-34(31,32)13-9-16-5-7-20(23)33-16/h4-8,14,25H,9-13H2,1-3H3. The molecule has 0 radical (unpaired) electrons. The van der Waals surface area contributed by atoms with Crippen LogP contribution < -0.4 is 9.62 Å². The van der Waals surface area contributed by atoms with Crippen LogP contribution in [-0.2, 0) is 21.2 Å². The van der Waals surface area contributed by atoms with Gasteiger partial charge in [-0.2, -0.15) is 0 Å². The fourth-order valence-electron chi connectivity index (χ4n) is 3.26. The lowest BCUT2D eigenvalue weighted by Gasteiger charge is -2.21. The maximum absolute atomic E-state index is 14.8. The molecule has 0 unspecified atom stereocenters.